The number of carbonyl (C=O) groups excluding carboxylic acids is 1. The lowest BCUT2D eigenvalue weighted by atomic mass is 10.1. The van der Waals surface area contributed by atoms with E-state index >= 15 is 0 Å². The summed E-state index contributed by atoms with van der Waals surface area (Å²) >= 11 is 1.76. The van der Waals surface area contributed by atoms with Gasteiger partial charge in [-0.15, -0.1) is 11.3 Å². The SMILES string of the molecule is CCNC(=NCc1cccc(NC(=O)C2CCCC2)c1)NCCc1nc(C)c(C)s1. The van der Waals surface area contributed by atoms with Crippen molar-refractivity contribution < 1.29 is 4.79 Å². The van der Waals surface area contributed by atoms with Gasteiger partial charge in [-0.1, -0.05) is 25.0 Å². The van der Waals surface area contributed by atoms with Gasteiger partial charge in [0.1, 0.15) is 0 Å². The zero-order valence-corrected chi connectivity index (χ0v) is 19.1. The van der Waals surface area contributed by atoms with Crippen molar-refractivity contribution in [2.24, 2.45) is 10.9 Å². The number of thiazole rings is 1. The molecule has 3 rings (SSSR count). The Morgan fingerprint density at radius 3 is 2.73 bits per heavy atom. The minimum Gasteiger partial charge on any atom is -0.357 e. The first-order valence-corrected chi connectivity index (χ1v) is 11.7. The molecule has 0 radical (unpaired) electrons. The van der Waals surface area contributed by atoms with Crippen molar-refractivity contribution >= 4 is 28.9 Å². The highest BCUT2D eigenvalue weighted by Gasteiger charge is 2.22. The standard InChI is InChI=1S/C23H33N5OS/c1-4-24-23(25-13-12-21-27-16(2)17(3)30-21)26-15-18-8-7-11-20(14-18)28-22(29)19-9-5-6-10-19/h7-8,11,14,19H,4-6,9-10,12-13,15H2,1-3H3,(H,28,29)(H2,24,25,26). The Labute approximate surface area is 183 Å². The molecule has 3 N–H and O–H groups in total. The van der Waals surface area contributed by atoms with Crippen molar-refractivity contribution in [3.8, 4) is 0 Å². The van der Waals surface area contributed by atoms with Crippen LogP contribution in [0.25, 0.3) is 0 Å². The van der Waals surface area contributed by atoms with E-state index in [-0.39, 0.29) is 11.8 Å². The van der Waals surface area contributed by atoms with Crippen molar-refractivity contribution in [3.63, 3.8) is 0 Å². The fourth-order valence-corrected chi connectivity index (χ4v) is 4.56. The second-order valence-electron chi connectivity index (χ2n) is 7.79. The van der Waals surface area contributed by atoms with Gasteiger partial charge in [-0.2, -0.15) is 0 Å². The van der Waals surface area contributed by atoms with E-state index in [0.29, 0.717) is 6.54 Å². The topological polar surface area (TPSA) is 78.4 Å². The normalized spacial score (nSPS) is 14.7. The molecule has 0 atom stereocenters. The minimum absolute atomic E-state index is 0.149. The molecule has 1 heterocycles. The van der Waals surface area contributed by atoms with Gasteiger partial charge in [-0.3, -0.25) is 4.79 Å². The van der Waals surface area contributed by atoms with E-state index in [0.717, 1.165) is 73.1 Å². The van der Waals surface area contributed by atoms with E-state index in [1.165, 1.54) is 4.88 Å². The number of nitrogens with one attached hydrogen (secondary N) is 3. The number of hydrogen-bond acceptors (Lipinski definition) is 4. The van der Waals surface area contributed by atoms with Crippen molar-refractivity contribution in [3.05, 3.63) is 45.4 Å². The Hall–Kier alpha value is -2.41. The number of hydrogen-bond donors (Lipinski definition) is 3. The lowest BCUT2D eigenvalue weighted by Gasteiger charge is -2.12. The Kier molecular flexibility index (Phi) is 8.25. The summed E-state index contributed by atoms with van der Waals surface area (Å²) in [7, 11) is 0. The minimum atomic E-state index is 0.149. The summed E-state index contributed by atoms with van der Waals surface area (Å²) in [5.74, 6) is 1.11. The summed E-state index contributed by atoms with van der Waals surface area (Å²) < 4.78 is 0. The number of amides is 1. The molecule has 1 aliphatic carbocycles. The molecule has 1 saturated carbocycles. The number of guanidine groups is 1. The summed E-state index contributed by atoms with van der Waals surface area (Å²) in [5, 5.41) is 10.9. The monoisotopic (exact) mass is 427 g/mol. The van der Waals surface area contributed by atoms with Crippen molar-refractivity contribution in [1.29, 1.82) is 0 Å². The molecule has 1 aromatic carbocycles. The molecule has 162 valence electrons. The van der Waals surface area contributed by atoms with Crippen molar-refractivity contribution in [1.82, 2.24) is 15.6 Å². The van der Waals surface area contributed by atoms with E-state index in [1.807, 2.05) is 24.3 Å². The molecular weight excluding hydrogens is 394 g/mol. The van der Waals surface area contributed by atoms with Crippen LogP contribution in [0.15, 0.2) is 29.3 Å². The van der Waals surface area contributed by atoms with Crippen LogP contribution in [0.4, 0.5) is 5.69 Å². The maximum Gasteiger partial charge on any atom is 0.227 e. The number of aryl methyl sites for hydroxylation is 2. The molecule has 1 aromatic heterocycles. The fourth-order valence-electron chi connectivity index (χ4n) is 3.63. The second-order valence-corrected chi connectivity index (χ2v) is 9.08. The first kappa shape index (κ1) is 22.3. The van der Waals surface area contributed by atoms with Gasteiger partial charge in [0, 0.05) is 36.0 Å². The molecular formula is C23H33N5OS. The Balaban J connectivity index is 1.53. The molecule has 0 unspecified atom stereocenters. The Morgan fingerprint density at radius 1 is 1.23 bits per heavy atom. The number of carbonyl (C=O) groups is 1. The Bertz CT molecular complexity index is 851. The summed E-state index contributed by atoms with van der Waals surface area (Å²) in [4.78, 5) is 22.9. The van der Waals surface area contributed by atoms with E-state index in [2.05, 4.69) is 41.7 Å². The zero-order chi connectivity index (χ0) is 21.3. The average molecular weight is 428 g/mol. The van der Waals surface area contributed by atoms with E-state index < -0.39 is 0 Å². The molecule has 0 spiro atoms. The van der Waals surface area contributed by atoms with Gasteiger partial charge in [0.15, 0.2) is 5.96 Å². The number of rotatable bonds is 8. The molecule has 30 heavy (non-hydrogen) atoms. The summed E-state index contributed by atoms with van der Waals surface area (Å²) in [6.45, 7) is 8.37. The zero-order valence-electron chi connectivity index (χ0n) is 18.3. The molecule has 0 aliphatic heterocycles. The molecule has 6 nitrogen and oxygen atoms in total. The van der Waals surface area contributed by atoms with Crippen LogP contribution in [0, 0.1) is 19.8 Å². The van der Waals surface area contributed by atoms with E-state index in [4.69, 9.17) is 4.99 Å². The quantitative estimate of drug-likeness (QED) is 0.436. The number of aliphatic imine (C=N–C) groups is 1. The maximum atomic E-state index is 12.4. The highest BCUT2D eigenvalue weighted by Crippen LogP contribution is 2.26. The first-order chi connectivity index (χ1) is 14.5. The average Bonchev–Trinajstić information content (AvgIpc) is 3.37. The van der Waals surface area contributed by atoms with Gasteiger partial charge in [0.05, 0.1) is 17.2 Å². The third-order valence-corrected chi connectivity index (χ3v) is 6.52. The summed E-state index contributed by atoms with van der Waals surface area (Å²) in [5.41, 5.74) is 3.05. The molecule has 0 saturated heterocycles. The summed E-state index contributed by atoms with van der Waals surface area (Å²) in [6, 6.07) is 7.98. The molecule has 2 aromatic rings. The lowest BCUT2D eigenvalue weighted by molar-refractivity contribution is -0.119. The smallest absolute Gasteiger partial charge is 0.227 e. The predicted molar refractivity (Wildman–Crippen MR) is 125 cm³/mol. The van der Waals surface area contributed by atoms with Crippen molar-refractivity contribution in [2.75, 3.05) is 18.4 Å². The van der Waals surface area contributed by atoms with Gasteiger partial charge in [0.25, 0.3) is 0 Å². The third-order valence-electron chi connectivity index (χ3n) is 5.39. The van der Waals surface area contributed by atoms with Crippen LogP contribution < -0.4 is 16.0 Å². The van der Waals surface area contributed by atoms with Crippen molar-refractivity contribution in [2.45, 2.75) is 59.4 Å². The molecule has 1 fully saturated rings. The van der Waals surface area contributed by atoms with E-state index in [9.17, 15) is 4.79 Å². The molecule has 1 aliphatic rings. The Morgan fingerprint density at radius 2 is 2.03 bits per heavy atom. The van der Waals surface area contributed by atoms with Crippen LogP contribution in [0.5, 0.6) is 0 Å². The highest BCUT2D eigenvalue weighted by molar-refractivity contribution is 7.11. The van der Waals surface area contributed by atoms with Gasteiger partial charge < -0.3 is 16.0 Å². The number of aromatic nitrogens is 1. The first-order valence-electron chi connectivity index (χ1n) is 10.9. The van der Waals surface area contributed by atoms with E-state index in [1.54, 1.807) is 11.3 Å². The molecule has 7 heteroatoms. The molecule has 0 bridgehead atoms. The van der Waals surface area contributed by atoms with Gasteiger partial charge in [0.2, 0.25) is 5.91 Å². The van der Waals surface area contributed by atoms with Crippen LogP contribution >= 0.6 is 11.3 Å². The van der Waals surface area contributed by atoms with Crippen LogP contribution in [0.3, 0.4) is 0 Å². The summed E-state index contributed by atoms with van der Waals surface area (Å²) in [6.07, 6.45) is 5.22. The highest BCUT2D eigenvalue weighted by atomic mass is 32.1. The van der Waals surface area contributed by atoms with Gasteiger partial charge in [-0.05, 0) is 51.3 Å². The van der Waals surface area contributed by atoms with Crippen LogP contribution in [-0.4, -0.2) is 29.9 Å². The number of nitrogens with zero attached hydrogens (tertiary/aromatic N) is 2. The van der Waals surface area contributed by atoms with Gasteiger partial charge >= 0.3 is 0 Å². The number of benzene rings is 1. The molecule has 1 amide bonds. The van der Waals surface area contributed by atoms with Crippen LogP contribution in [0.1, 0.15) is 53.7 Å². The fraction of sp³-hybridized carbons (Fsp3) is 0.522. The predicted octanol–water partition coefficient (Wildman–Crippen LogP) is 4.19. The van der Waals surface area contributed by atoms with Crippen LogP contribution in [0.2, 0.25) is 0 Å². The second kappa shape index (κ2) is 11.1. The largest absolute Gasteiger partial charge is 0.357 e. The van der Waals surface area contributed by atoms with Gasteiger partial charge in [-0.25, -0.2) is 9.98 Å². The number of anilines is 1. The lowest BCUT2D eigenvalue weighted by Crippen LogP contribution is -2.38. The maximum absolute atomic E-state index is 12.4. The third kappa shape index (κ3) is 6.55. The van der Waals surface area contributed by atoms with Crippen LogP contribution in [-0.2, 0) is 17.8 Å².